The van der Waals surface area contributed by atoms with E-state index in [0.29, 0.717) is 12.2 Å². The molecule has 0 amide bonds. The SMILES string of the molecule is CCNc1cccc(NCC(=O)OC)c1[N+](=O)[O-]. The normalized spacial score (nSPS) is 9.67. The molecule has 2 N–H and O–H groups in total. The summed E-state index contributed by atoms with van der Waals surface area (Å²) in [6.45, 7) is 2.30. The molecule has 18 heavy (non-hydrogen) atoms. The number of carbonyl (C=O) groups is 1. The van der Waals surface area contributed by atoms with E-state index in [2.05, 4.69) is 15.4 Å². The van der Waals surface area contributed by atoms with Gasteiger partial charge in [0.2, 0.25) is 0 Å². The quantitative estimate of drug-likeness (QED) is 0.454. The minimum absolute atomic E-state index is 0.0803. The Hall–Kier alpha value is -2.31. The number of nitro groups is 1. The lowest BCUT2D eigenvalue weighted by molar-refractivity contribution is -0.383. The maximum Gasteiger partial charge on any atom is 0.325 e. The molecule has 7 heteroatoms. The minimum atomic E-state index is -0.488. The summed E-state index contributed by atoms with van der Waals surface area (Å²) < 4.78 is 4.46. The molecule has 0 saturated carbocycles. The predicted molar refractivity (Wildman–Crippen MR) is 67.8 cm³/mol. The van der Waals surface area contributed by atoms with Gasteiger partial charge in [-0.25, -0.2) is 0 Å². The summed E-state index contributed by atoms with van der Waals surface area (Å²) in [5.74, 6) is -0.488. The molecule has 98 valence electrons. The fourth-order valence-corrected chi connectivity index (χ4v) is 1.46. The lowest BCUT2D eigenvalue weighted by Gasteiger charge is -2.10. The molecule has 0 spiro atoms. The van der Waals surface area contributed by atoms with E-state index >= 15 is 0 Å². The van der Waals surface area contributed by atoms with Gasteiger partial charge in [0.15, 0.2) is 0 Å². The number of carbonyl (C=O) groups excluding carboxylic acids is 1. The number of rotatable bonds is 6. The first-order valence-corrected chi connectivity index (χ1v) is 5.42. The van der Waals surface area contributed by atoms with Crippen LogP contribution in [-0.2, 0) is 9.53 Å². The zero-order chi connectivity index (χ0) is 13.5. The van der Waals surface area contributed by atoms with E-state index < -0.39 is 10.9 Å². The molecular weight excluding hydrogens is 238 g/mol. The Morgan fingerprint density at radius 1 is 1.39 bits per heavy atom. The summed E-state index contributed by atoms with van der Waals surface area (Å²) in [6.07, 6.45) is 0. The van der Waals surface area contributed by atoms with Gasteiger partial charge in [0, 0.05) is 6.54 Å². The van der Waals surface area contributed by atoms with Crippen LogP contribution in [0, 0.1) is 10.1 Å². The summed E-state index contributed by atoms with van der Waals surface area (Å²) in [7, 11) is 1.26. The minimum Gasteiger partial charge on any atom is -0.468 e. The van der Waals surface area contributed by atoms with Crippen molar-refractivity contribution in [2.45, 2.75) is 6.92 Å². The van der Waals surface area contributed by atoms with Gasteiger partial charge in [-0.2, -0.15) is 0 Å². The summed E-state index contributed by atoms with van der Waals surface area (Å²) in [5.41, 5.74) is 0.615. The zero-order valence-corrected chi connectivity index (χ0v) is 10.2. The van der Waals surface area contributed by atoms with E-state index in [1.54, 1.807) is 18.2 Å². The van der Waals surface area contributed by atoms with Crippen molar-refractivity contribution in [1.82, 2.24) is 0 Å². The highest BCUT2D eigenvalue weighted by Gasteiger charge is 2.19. The number of esters is 1. The number of benzene rings is 1. The monoisotopic (exact) mass is 253 g/mol. The topological polar surface area (TPSA) is 93.5 Å². The van der Waals surface area contributed by atoms with Gasteiger partial charge in [0.25, 0.3) is 0 Å². The van der Waals surface area contributed by atoms with E-state index in [4.69, 9.17) is 0 Å². The molecule has 0 heterocycles. The van der Waals surface area contributed by atoms with E-state index in [1.807, 2.05) is 6.92 Å². The van der Waals surface area contributed by atoms with Crippen LogP contribution in [0.4, 0.5) is 17.1 Å². The van der Waals surface area contributed by atoms with Crippen LogP contribution < -0.4 is 10.6 Å². The first kappa shape index (κ1) is 13.8. The summed E-state index contributed by atoms with van der Waals surface area (Å²) >= 11 is 0. The van der Waals surface area contributed by atoms with Crippen LogP contribution in [0.1, 0.15) is 6.92 Å². The summed E-state index contributed by atoms with van der Waals surface area (Å²) in [4.78, 5) is 21.6. The highest BCUT2D eigenvalue weighted by Crippen LogP contribution is 2.32. The van der Waals surface area contributed by atoms with Crippen LogP contribution in [0.5, 0.6) is 0 Å². The molecule has 1 aromatic carbocycles. The molecule has 0 fully saturated rings. The third-order valence-electron chi connectivity index (χ3n) is 2.24. The molecule has 0 bridgehead atoms. The van der Waals surface area contributed by atoms with Crippen molar-refractivity contribution in [2.75, 3.05) is 30.8 Å². The van der Waals surface area contributed by atoms with Crippen LogP contribution >= 0.6 is 0 Å². The standard InChI is InChI=1S/C11H15N3O4/c1-3-12-8-5-4-6-9(11(8)14(16)17)13-7-10(15)18-2/h4-6,12-13H,3,7H2,1-2H3. The Kier molecular flexibility index (Phi) is 4.91. The molecule has 0 aromatic heterocycles. The molecule has 1 aromatic rings. The van der Waals surface area contributed by atoms with Crippen molar-refractivity contribution < 1.29 is 14.5 Å². The second kappa shape index (κ2) is 6.43. The number of ether oxygens (including phenoxy) is 1. The molecule has 0 atom stereocenters. The first-order valence-electron chi connectivity index (χ1n) is 5.42. The van der Waals surface area contributed by atoms with Gasteiger partial charge in [0.05, 0.1) is 12.0 Å². The lowest BCUT2D eigenvalue weighted by atomic mass is 10.2. The number of anilines is 2. The largest absolute Gasteiger partial charge is 0.468 e. The highest BCUT2D eigenvalue weighted by atomic mass is 16.6. The average molecular weight is 253 g/mol. The predicted octanol–water partition coefficient (Wildman–Crippen LogP) is 1.61. The number of para-hydroxylation sites is 1. The highest BCUT2D eigenvalue weighted by molar-refractivity contribution is 5.80. The zero-order valence-electron chi connectivity index (χ0n) is 10.2. The van der Waals surface area contributed by atoms with E-state index in [9.17, 15) is 14.9 Å². The molecule has 0 unspecified atom stereocenters. The summed E-state index contributed by atoms with van der Waals surface area (Å²) in [6, 6.07) is 4.83. The van der Waals surface area contributed by atoms with Gasteiger partial charge >= 0.3 is 11.7 Å². The number of nitrogens with zero attached hydrogens (tertiary/aromatic N) is 1. The third-order valence-corrected chi connectivity index (χ3v) is 2.24. The van der Waals surface area contributed by atoms with Gasteiger partial charge in [-0.3, -0.25) is 14.9 Å². The van der Waals surface area contributed by atoms with E-state index in [1.165, 1.54) is 7.11 Å². The Labute approximate surface area is 104 Å². The number of hydrogen-bond acceptors (Lipinski definition) is 6. The first-order chi connectivity index (χ1) is 8.60. The van der Waals surface area contributed by atoms with Crippen LogP contribution in [0.3, 0.4) is 0 Å². The Balaban J connectivity index is 2.99. The van der Waals surface area contributed by atoms with E-state index in [0.717, 1.165) is 0 Å². The maximum absolute atomic E-state index is 11.0. The van der Waals surface area contributed by atoms with Gasteiger partial charge < -0.3 is 15.4 Å². The fraction of sp³-hybridized carbons (Fsp3) is 0.364. The number of nitrogens with one attached hydrogen (secondary N) is 2. The summed E-state index contributed by atoms with van der Waals surface area (Å²) in [5, 5.41) is 16.6. The smallest absolute Gasteiger partial charge is 0.325 e. The van der Waals surface area contributed by atoms with Gasteiger partial charge in [-0.1, -0.05) is 6.07 Å². The number of nitro benzene ring substituents is 1. The number of methoxy groups -OCH3 is 1. The van der Waals surface area contributed by atoms with Crippen LogP contribution in [0.15, 0.2) is 18.2 Å². The second-order valence-corrected chi connectivity index (χ2v) is 3.42. The third kappa shape index (κ3) is 3.34. The van der Waals surface area contributed by atoms with Crippen molar-refractivity contribution in [1.29, 1.82) is 0 Å². The van der Waals surface area contributed by atoms with Crippen molar-refractivity contribution in [2.24, 2.45) is 0 Å². The van der Waals surface area contributed by atoms with Crippen molar-refractivity contribution >= 4 is 23.0 Å². The van der Waals surface area contributed by atoms with Crippen LogP contribution in [0.25, 0.3) is 0 Å². The second-order valence-electron chi connectivity index (χ2n) is 3.42. The molecule has 0 radical (unpaired) electrons. The van der Waals surface area contributed by atoms with Gasteiger partial charge in [-0.15, -0.1) is 0 Å². The molecule has 0 aliphatic rings. The molecular formula is C11H15N3O4. The van der Waals surface area contributed by atoms with E-state index in [-0.39, 0.29) is 17.9 Å². The van der Waals surface area contributed by atoms with Crippen molar-refractivity contribution in [3.8, 4) is 0 Å². The Bertz CT molecular complexity index is 448. The molecule has 0 saturated heterocycles. The molecule has 0 aliphatic heterocycles. The van der Waals surface area contributed by atoms with Crippen LogP contribution in [-0.4, -0.2) is 31.1 Å². The average Bonchev–Trinajstić information content (AvgIpc) is 2.36. The molecule has 1 rings (SSSR count). The molecule has 7 nitrogen and oxygen atoms in total. The maximum atomic E-state index is 11.0. The van der Waals surface area contributed by atoms with Crippen LogP contribution in [0.2, 0.25) is 0 Å². The molecule has 0 aliphatic carbocycles. The Morgan fingerprint density at radius 3 is 2.50 bits per heavy atom. The van der Waals surface area contributed by atoms with Crippen molar-refractivity contribution in [3.05, 3.63) is 28.3 Å². The Morgan fingerprint density at radius 2 is 2.00 bits per heavy atom. The lowest BCUT2D eigenvalue weighted by Crippen LogP contribution is -2.16. The fourth-order valence-electron chi connectivity index (χ4n) is 1.46. The van der Waals surface area contributed by atoms with Crippen molar-refractivity contribution in [3.63, 3.8) is 0 Å². The number of hydrogen-bond donors (Lipinski definition) is 2. The van der Waals surface area contributed by atoms with Gasteiger partial charge in [-0.05, 0) is 19.1 Å². The van der Waals surface area contributed by atoms with Gasteiger partial charge in [0.1, 0.15) is 17.9 Å².